The van der Waals surface area contributed by atoms with E-state index in [1.807, 2.05) is 6.92 Å². The number of rotatable bonds is 5. The van der Waals surface area contributed by atoms with E-state index in [-0.39, 0.29) is 5.91 Å². The first kappa shape index (κ1) is 14.2. The normalized spacial score (nSPS) is 19.6. The Labute approximate surface area is 118 Å². The molecule has 2 N–H and O–H groups in total. The molecule has 6 nitrogen and oxygen atoms in total. The lowest BCUT2D eigenvalue weighted by atomic mass is 10.1. The molecule has 0 spiro atoms. The molecular weight excluding hydrogens is 258 g/mol. The lowest BCUT2D eigenvalue weighted by molar-refractivity contribution is -0.120. The van der Waals surface area contributed by atoms with Crippen molar-refractivity contribution in [3.8, 4) is 11.5 Å². The molecule has 20 heavy (non-hydrogen) atoms. The highest BCUT2D eigenvalue weighted by Crippen LogP contribution is 2.30. The van der Waals surface area contributed by atoms with Crippen molar-refractivity contribution in [1.29, 1.82) is 0 Å². The standard InChI is InChI=1S/C14H19N3O3/c1-4-7-15-14-16-12(13(18)17-14)10-8-9(19-2)5-6-11(10)20-3/h5-6,8,12H,4,7H2,1-3H3,(H2,15,16,17,18). The van der Waals surface area contributed by atoms with Crippen LogP contribution in [0.15, 0.2) is 23.2 Å². The highest BCUT2D eigenvalue weighted by atomic mass is 16.5. The van der Waals surface area contributed by atoms with Gasteiger partial charge in [-0.3, -0.25) is 15.1 Å². The van der Waals surface area contributed by atoms with E-state index in [1.165, 1.54) is 0 Å². The fourth-order valence-corrected chi connectivity index (χ4v) is 2.02. The molecule has 1 aromatic rings. The average Bonchev–Trinajstić information content (AvgIpc) is 2.85. The van der Waals surface area contributed by atoms with Gasteiger partial charge in [-0.1, -0.05) is 6.92 Å². The van der Waals surface area contributed by atoms with Crippen LogP contribution in [-0.4, -0.2) is 32.6 Å². The van der Waals surface area contributed by atoms with Gasteiger partial charge in [0, 0.05) is 12.1 Å². The van der Waals surface area contributed by atoms with Gasteiger partial charge in [-0.15, -0.1) is 0 Å². The first-order chi connectivity index (χ1) is 9.69. The maximum atomic E-state index is 12.1. The van der Waals surface area contributed by atoms with E-state index in [2.05, 4.69) is 15.6 Å². The number of aliphatic imine (C=N–C) groups is 1. The second kappa shape index (κ2) is 6.27. The van der Waals surface area contributed by atoms with Crippen LogP contribution in [0.4, 0.5) is 0 Å². The van der Waals surface area contributed by atoms with Gasteiger partial charge in [0.2, 0.25) is 0 Å². The molecular formula is C14H19N3O3. The summed E-state index contributed by atoms with van der Waals surface area (Å²) in [6.45, 7) is 2.70. The van der Waals surface area contributed by atoms with Crippen LogP contribution in [0.5, 0.6) is 11.5 Å². The number of carbonyl (C=O) groups excluding carboxylic acids is 1. The smallest absolute Gasteiger partial charge is 0.254 e. The van der Waals surface area contributed by atoms with E-state index in [4.69, 9.17) is 9.47 Å². The molecule has 0 saturated carbocycles. The van der Waals surface area contributed by atoms with Crippen molar-refractivity contribution in [2.24, 2.45) is 4.99 Å². The topological polar surface area (TPSA) is 72.0 Å². The van der Waals surface area contributed by atoms with Crippen molar-refractivity contribution in [3.63, 3.8) is 0 Å². The van der Waals surface area contributed by atoms with Gasteiger partial charge < -0.3 is 14.8 Å². The zero-order chi connectivity index (χ0) is 14.5. The lowest BCUT2D eigenvalue weighted by Gasteiger charge is -2.14. The Bertz CT molecular complexity index is 528. The van der Waals surface area contributed by atoms with E-state index >= 15 is 0 Å². The fourth-order valence-electron chi connectivity index (χ4n) is 2.02. The molecule has 1 atom stereocenters. The summed E-state index contributed by atoms with van der Waals surface area (Å²) in [4.78, 5) is 16.3. The summed E-state index contributed by atoms with van der Waals surface area (Å²) in [5.41, 5.74) is 0.728. The molecule has 6 heteroatoms. The van der Waals surface area contributed by atoms with Crippen LogP contribution in [-0.2, 0) is 4.79 Å². The summed E-state index contributed by atoms with van der Waals surface area (Å²) in [5, 5.41) is 5.80. The molecule has 1 aliphatic rings. The molecule has 1 saturated heterocycles. The summed E-state index contributed by atoms with van der Waals surface area (Å²) in [5.74, 6) is 1.67. The Morgan fingerprint density at radius 1 is 1.30 bits per heavy atom. The Kier molecular flexibility index (Phi) is 4.45. The van der Waals surface area contributed by atoms with Crippen molar-refractivity contribution in [1.82, 2.24) is 10.6 Å². The molecule has 1 heterocycles. The van der Waals surface area contributed by atoms with Crippen LogP contribution in [0, 0.1) is 0 Å². The monoisotopic (exact) mass is 277 g/mol. The zero-order valence-corrected chi connectivity index (χ0v) is 11.9. The number of benzene rings is 1. The van der Waals surface area contributed by atoms with E-state index in [0.29, 0.717) is 24.0 Å². The Morgan fingerprint density at radius 2 is 2.10 bits per heavy atom. The molecule has 2 rings (SSSR count). The third-order valence-electron chi connectivity index (χ3n) is 3.03. The number of hydrogen-bond donors (Lipinski definition) is 2. The van der Waals surface area contributed by atoms with Gasteiger partial charge in [-0.2, -0.15) is 0 Å². The Hall–Kier alpha value is -2.24. The van der Waals surface area contributed by atoms with Gasteiger partial charge in [-0.25, -0.2) is 0 Å². The zero-order valence-electron chi connectivity index (χ0n) is 11.9. The van der Waals surface area contributed by atoms with Crippen LogP contribution < -0.4 is 20.1 Å². The summed E-state index contributed by atoms with van der Waals surface area (Å²) in [6.07, 6.45) is 0.925. The van der Waals surface area contributed by atoms with Gasteiger partial charge >= 0.3 is 0 Å². The molecule has 0 aromatic heterocycles. The number of nitrogens with one attached hydrogen (secondary N) is 2. The summed E-state index contributed by atoms with van der Waals surface area (Å²) < 4.78 is 10.5. The molecule has 108 valence electrons. The predicted octanol–water partition coefficient (Wildman–Crippen LogP) is 1.23. The third-order valence-corrected chi connectivity index (χ3v) is 3.03. The number of methoxy groups -OCH3 is 2. The van der Waals surface area contributed by atoms with Crippen LogP contribution in [0.25, 0.3) is 0 Å². The second-order valence-electron chi connectivity index (χ2n) is 4.40. The number of nitrogens with zero attached hydrogens (tertiary/aromatic N) is 1. The number of guanidine groups is 1. The highest BCUT2D eigenvalue weighted by Gasteiger charge is 2.32. The number of carbonyl (C=O) groups is 1. The largest absolute Gasteiger partial charge is 0.497 e. The number of ether oxygens (including phenoxy) is 2. The van der Waals surface area contributed by atoms with E-state index in [1.54, 1.807) is 32.4 Å². The van der Waals surface area contributed by atoms with E-state index < -0.39 is 6.04 Å². The van der Waals surface area contributed by atoms with E-state index in [9.17, 15) is 4.79 Å². The number of amides is 1. The average molecular weight is 277 g/mol. The summed E-state index contributed by atoms with van der Waals surface area (Å²) >= 11 is 0. The van der Waals surface area contributed by atoms with Crippen molar-refractivity contribution in [3.05, 3.63) is 23.8 Å². The first-order valence-electron chi connectivity index (χ1n) is 6.53. The van der Waals surface area contributed by atoms with Crippen molar-refractivity contribution in [2.75, 3.05) is 20.8 Å². The lowest BCUT2D eigenvalue weighted by Crippen LogP contribution is -2.25. The third kappa shape index (κ3) is 2.84. The minimum atomic E-state index is -0.518. The van der Waals surface area contributed by atoms with Gasteiger partial charge in [0.1, 0.15) is 17.5 Å². The predicted molar refractivity (Wildman–Crippen MR) is 76.2 cm³/mol. The molecule has 1 aromatic carbocycles. The molecule has 0 bridgehead atoms. The maximum absolute atomic E-state index is 12.1. The van der Waals surface area contributed by atoms with Gasteiger partial charge in [0.05, 0.1) is 14.2 Å². The Balaban J connectivity index is 2.29. The minimum absolute atomic E-state index is 0.147. The quantitative estimate of drug-likeness (QED) is 0.849. The van der Waals surface area contributed by atoms with Crippen LogP contribution >= 0.6 is 0 Å². The molecule has 1 aliphatic heterocycles. The molecule has 0 aliphatic carbocycles. The second-order valence-corrected chi connectivity index (χ2v) is 4.40. The van der Waals surface area contributed by atoms with Crippen molar-refractivity contribution in [2.45, 2.75) is 19.4 Å². The molecule has 1 amide bonds. The first-order valence-corrected chi connectivity index (χ1v) is 6.53. The SMILES string of the molecule is CCCN=C1NC(=O)C(c2cc(OC)ccc2OC)N1. The van der Waals surface area contributed by atoms with Crippen LogP contribution in [0.1, 0.15) is 24.9 Å². The molecule has 1 unspecified atom stereocenters. The summed E-state index contributed by atoms with van der Waals surface area (Å²) in [7, 11) is 3.16. The van der Waals surface area contributed by atoms with Gasteiger partial charge in [0.15, 0.2) is 5.96 Å². The van der Waals surface area contributed by atoms with Crippen LogP contribution in [0.2, 0.25) is 0 Å². The fraction of sp³-hybridized carbons (Fsp3) is 0.429. The van der Waals surface area contributed by atoms with Gasteiger partial charge in [0.25, 0.3) is 5.91 Å². The van der Waals surface area contributed by atoms with Crippen LogP contribution in [0.3, 0.4) is 0 Å². The van der Waals surface area contributed by atoms with E-state index in [0.717, 1.165) is 12.0 Å². The molecule has 0 radical (unpaired) electrons. The van der Waals surface area contributed by atoms with Gasteiger partial charge in [-0.05, 0) is 24.6 Å². The maximum Gasteiger partial charge on any atom is 0.254 e. The van der Waals surface area contributed by atoms with Crippen molar-refractivity contribution < 1.29 is 14.3 Å². The Morgan fingerprint density at radius 3 is 2.75 bits per heavy atom. The molecule has 1 fully saturated rings. The highest BCUT2D eigenvalue weighted by molar-refractivity contribution is 6.07. The number of hydrogen-bond acceptors (Lipinski definition) is 4. The minimum Gasteiger partial charge on any atom is -0.497 e. The van der Waals surface area contributed by atoms with Crippen molar-refractivity contribution >= 4 is 11.9 Å². The summed E-state index contributed by atoms with van der Waals surface area (Å²) in [6, 6.07) is 4.85.